The summed E-state index contributed by atoms with van der Waals surface area (Å²) in [7, 11) is 1.56. The minimum Gasteiger partial charge on any atom is -0.507 e. The summed E-state index contributed by atoms with van der Waals surface area (Å²) in [6.45, 7) is 7.52. The number of nitrogens with zero attached hydrogens (tertiary/aromatic N) is 3. The van der Waals surface area contributed by atoms with Crippen LogP contribution in [0.15, 0.2) is 78.6 Å². The zero-order chi connectivity index (χ0) is 31.6. The molecule has 4 aromatic rings. The molecule has 1 aromatic heterocycles. The number of fused-ring (bicyclic) bond motifs is 1. The van der Waals surface area contributed by atoms with Gasteiger partial charge in [0.2, 0.25) is 0 Å². The number of methoxy groups -OCH3 is 1. The Labute approximate surface area is 261 Å². The van der Waals surface area contributed by atoms with Crippen LogP contribution in [0.1, 0.15) is 30.4 Å². The Bertz CT molecular complexity index is 1690. The molecule has 1 saturated heterocycles. The van der Waals surface area contributed by atoms with E-state index in [0.29, 0.717) is 52.3 Å². The number of amides is 2. The first-order valence-electron chi connectivity index (χ1n) is 14.8. The predicted octanol–water partition coefficient (Wildman–Crippen LogP) is 6.63. The maximum absolute atomic E-state index is 15.1. The zero-order valence-corrected chi connectivity index (χ0v) is 25.1. The molecule has 2 amide bonds. The van der Waals surface area contributed by atoms with Crippen LogP contribution in [0.25, 0.3) is 10.9 Å². The number of phenols is 1. The maximum Gasteiger partial charge on any atom is 0.339 e. The highest BCUT2D eigenvalue weighted by Crippen LogP contribution is 2.38. The molecule has 0 spiro atoms. The second-order valence-electron chi connectivity index (χ2n) is 10.5. The summed E-state index contributed by atoms with van der Waals surface area (Å²) in [5, 5.41) is 17.3. The second-order valence-corrected chi connectivity index (χ2v) is 10.5. The number of hydrazone groups is 1. The normalized spacial score (nSPS) is 13.2. The molecular weight excluding hydrogens is 577 g/mol. The van der Waals surface area contributed by atoms with Crippen molar-refractivity contribution in [2.24, 2.45) is 5.10 Å². The third kappa shape index (κ3) is 8.07. The smallest absolute Gasteiger partial charge is 0.339 e. The van der Waals surface area contributed by atoms with Gasteiger partial charge in [0, 0.05) is 41.5 Å². The minimum absolute atomic E-state index is 0.0393. The van der Waals surface area contributed by atoms with Crippen LogP contribution < -0.4 is 25.0 Å². The van der Waals surface area contributed by atoms with E-state index in [9.17, 15) is 9.90 Å². The van der Waals surface area contributed by atoms with E-state index >= 15 is 4.39 Å². The number of rotatable bonds is 13. The largest absolute Gasteiger partial charge is 0.507 e. The van der Waals surface area contributed by atoms with E-state index in [4.69, 9.17) is 14.2 Å². The predicted molar refractivity (Wildman–Crippen MR) is 172 cm³/mol. The van der Waals surface area contributed by atoms with E-state index in [0.717, 1.165) is 32.1 Å². The average molecular weight is 614 g/mol. The first-order valence-corrected chi connectivity index (χ1v) is 14.8. The minimum atomic E-state index is -0.692. The summed E-state index contributed by atoms with van der Waals surface area (Å²) >= 11 is 0. The van der Waals surface area contributed by atoms with Crippen molar-refractivity contribution in [2.45, 2.75) is 25.7 Å². The quantitative estimate of drug-likeness (QED) is 0.0671. The van der Waals surface area contributed by atoms with Crippen molar-refractivity contribution in [3.63, 3.8) is 0 Å². The number of hydrogen-bond donors (Lipinski definition) is 3. The number of ether oxygens (including phenoxy) is 3. The summed E-state index contributed by atoms with van der Waals surface area (Å²) in [6.07, 6.45) is 8.49. The second kappa shape index (κ2) is 15.0. The van der Waals surface area contributed by atoms with E-state index in [-0.39, 0.29) is 17.2 Å². The Kier molecular flexibility index (Phi) is 10.4. The van der Waals surface area contributed by atoms with Gasteiger partial charge in [-0.05, 0) is 74.7 Å². The zero-order valence-electron chi connectivity index (χ0n) is 25.1. The highest BCUT2D eigenvalue weighted by atomic mass is 19.1. The van der Waals surface area contributed by atoms with Crippen molar-refractivity contribution in [3.8, 4) is 28.7 Å². The molecule has 11 heteroatoms. The topological polar surface area (TPSA) is 118 Å². The summed E-state index contributed by atoms with van der Waals surface area (Å²) in [6, 6.07) is 13.8. The van der Waals surface area contributed by atoms with Crippen LogP contribution in [-0.2, 0) is 6.42 Å². The van der Waals surface area contributed by atoms with Crippen LogP contribution in [0.2, 0.25) is 0 Å². The molecule has 0 saturated carbocycles. The first kappa shape index (κ1) is 31.3. The number of aromatic hydroxyl groups is 1. The number of aromatic nitrogens is 1. The SMILES string of the molecule is C=CCc1cccc(/C=N/NC(=O)Nc2ccc(Oc3ccnc4cc(OCCCN5CCCC5)c(OC)cc34)c(F)c2)c1O. The van der Waals surface area contributed by atoms with Gasteiger partial charge in [-0.2, -0.15) is 5.10 Å². The summed E-state index contributed by atoms with van der Waals surface area (Å²) in [5.74, 6) is 0.815. The maximum atomic E-state index is 15.1. The van der Waals surface area contributed by atoms with Gasteiger partial charge in [0.1, 0.15) is 11.5 Å². The van der Waals surface area contributed by atoms with E-state index in [2.05, 4.69) is 32.3 Å². The first-order chi connectivity index (χ1) is 21.9. The molecule has 45 heavy (non-hydrogen) atoms. The number of nitrogens with one attached hydrogen (secondary N) is 2. The van der Waals surface area contributed by atoms with Gasteiger partial charge in [-0.15, -0.1) is 6.58 Å². The molecule has 0 aliphatic carbocycles. The molecule has 0 unspecified atom stereocenters. The molecule has 0 atom stereocenters. The van der Waals surface area contributed by atoms with E-state index in [1.807, 2.05) is 0 Å². The van der Waals surface area contributed by atoms with Crippen molar-refractivity contribution in [1.29, 1.82) is 0 Å². The number of likely N-dealkylation sites (tertiary alicyclic amines) is 1. The number of halogens is 1. The molecule has 1 aliphatic rings. The van der Waals surface area contributed by atoms with Gasteiger partial charge in [-0.1, -0.05) is 18.2 Å². The molecule has 234 valence electrons. The van der Waals surface area contributed by atoms with E-state index in [1.54, 1.807) is 55.8 Å². The number of para-hydroxylation sites is 1. The van der Waals surface area contributed by atoms with Gasteiger partial charge in [-0.25, -0.2) is 14.6 Å². The van der Waals surface area contributed by atoms with Crippen LogP contribution in [0.3, 0.4) is 0 Å². The molecular formula is C34H36FN5O5. The Hall–Kier alpha value is -5.16. The Morgan fingerprint density at radius 1 is 1.11 bits per heavy atom. The number of phenolic OH excluding ortho intramolecular Hbond substituents is 1. The number of carbonyl (C=O) groups excluding carboxylic acids is 1. The van der Waals surface area contributed by atoms with Crippen LogP contribution in [0, 0.1) is 5.82 Å². The van der Waals surface area contributed by atoms with Crippen LogP contribution in [-0.4, -0.2) is 60.6 Å². The lowest BCUT2D eigenvalue weighted by Crippen LogP contribution is -2.24. The lowest BCUT2D eigenvalue weighted by Gasteiger charge is -2.16. The number of carbonyl (C=O) groups is 1. The Morgan fingerprint density at radius 3 is 2.73 bits per heavy atom. The van der Waals surface area contributed by atoms with Gasteiger partial charge >= 0.3 is 6.03 Å². The molecule has 5 rings (SSSR count). The third-order valence-corrected chi connectivity index (χ3v) is 7.36. The van der Waals surface area contributed by atoms with Gasteiger partial charge < -0.3 is 29.5 Å². The highest BCUT2D eigenvalue weighted by Gasteiger charge is 2.15. The number of pyridine rings is 1. The number of anilines is 1. The van der Waals surface area contributed by atoms with Crippen molar-refractivity contribution in [3.05, 3.63) is 90.4 Å². The van der Waals surface area contributed by atoms with Crippen LogP contribution in [0.5, 0.6) is 28.7 Å². The van der Waals surface area contributed by atoms with Crippen molar-refractivity contribution in [2.75, 3.05) is 38.7 Å². The lowest BCUT2D eigenvalue weighted by molar-refractivity contribution is 0.252. The highest BCUT2D eigenvalue weighted by molar-refractivity contribution is 5.91. The summed E-state index contributed by atoms with van der Waals surface area (Å²) in [4.78, 5) is 19.2. The standard InChI is InChI=1S/C34H36FN5O5/c1-3-8-23-9-6-10-24(33(23)41)22-37-39-34(42)38-25-11-12-30(27(35)19-25)45-29-13-14-36-28-21-32(31(43-2)20-26(28)29)44-18-7-17-40-15-4-5-16-40/h3,6,9-14,19-22,41H,1,4-5,7-8,15-18H2,2H3,(H2,38,39,42)/b37-22+. The molecule has 0 bridgehead atoms. The van der Waals surface area contributed by atoms with E-state index < -0.39 is 11.8 Å². The Morgan fingerprint density at radius 2 is 1.96 bits per heavy atom. The van der Waals surface area contributed by atoms with Crippen molar-refractivity contribution < 1.29 is 28.5 Å². The monoisotopic (exact) mass is 613 g/mol. The molecule has 10 nitrogen and oxygen atoms in total. The fourth-order valence-corrected chi connectivity index (χ4v) is 5.10. The molecule has 1 aliphatic heterocycles. The third-order valence-electron chi connectivity index (χ3n) is 7.36. The number of benzene rings is 3. The van der Waals surface area contributed by atoms with Gasteiger partial charge in [0.25, 0.3) is 0 Å². The fraction of sp³-hybridized carbons (Fsp3) is 0.265. The number of allylic oxidation sites excluding steroid dienone is 1. The summed E-state index contributed by atoms with van der Waals surface area (Å²) < 4.78 is 32.6. The molecule has 0 radical (unpaired) electrons. The van der Waals surface area contributed by atoms with E-state index in [1.165, 1.54) is 31.2 Å². The van der Waals surface area contributed by atoms with Gasteiger partial charge in [0.05, 0.1) is 25.4 Å². The molecule has 3 N–H and O–H groups in total. The molecule has 2 heterocycles. The average Bonchev–Trinajstić information content (AvgIpc) is 3.56. The summed E-state index contributed by atoms with van der Waals surface area (Å²) in [5.41, 5.74) is 4.22. The molecule has 3 aromatic carbocycles. The van der Waals surface area contributed by atoms with Crippen LogP contribution >= 0.6 is 0 Å². The van der Waals surface area contributed by atoms with Gasteiger partial charge in [-0.3, -0.25) is 4.98 Å². The Balaban J connectivity index is 1.21. The van der Waals surface area contributed by atoms with Crippen LogP contribution in [0.4, 0.5) is 14.9 Å². The number of urea groups is 1. The number of hydrogen-bond acceptors (Lipinski definition) is 8. The van der Waals surface area contributed by atoms with Crippen molar-refractivity contribution >= 4 is 28.8 Å². The molecule has 1 fully saturated rings. The van der Waals surface area contributed by atoms with Crippen molar-refractivity contribution in [1.82, 2.24) is 15.3 Å². The lowest BCUT2D eigenvalue weighted by atomic mass is 10.1. The fourth-order valence-electron chi connectivity index (χ4n) is 5.10. The van der Waals surface area contributed by atoms with Gasteiger partial charge in [0.15, 0.2) is 23.1 Å².